The highest BCUT2D eigenvalue weighted by Gasteiger charge is 2.16. The predicted molar refractivity (Wildman–Crippen MR) is 51.3 cm³/mol. The van der Waals surface area contributed by atoms with E-state index in [0.29, 0.717) is 12.4 Å². The van der Waals surface area contributed by atoms with E-state index in [4.69, 9.17) is 9.47 Å². The number of hydrogen-bond acceptors (Lipinski definition) is 3. The minimum atomic E-state index is -0.145. The molecule has 2 rings (SSSR count). The van der Waals surface area contributed by atoms with Crippen LogP contribution in [0.2, 0.25) is 0 Å². The number of benzene rings is 1. The molecule has 4 nitrogen and oxygen atoms in total. The number of carbonyl (C=O) groups is 1. The smallest absolute Gasteiger partial charge is 0.250 e. The van der Waals surface area contributed by atoms with Crippen LogP contribution in [0.3, 0.4) is 0 Å². The van der Waals surface area contributed by atoms with Crippen molar-refractivity contribution >= 4 is 11.6 Å². The zero-order valence-electron chi connectivity index (χ0n) is 7.87. The summed E-state index contributed by atoms with van der Waals surface area (Å²) in [7, 11) is 1.58. The quantitative estimate of drug-likeness (QED) is 0.728. The summed E-state index contributed by atoms with van der Waals surface area (Å²) in [5, 5.41) is 2.75. The van der Waals surface area contributed by atoms with Crippen molar-refractivity contribution in [2.75, 3.05) is 19.0 Å². The number of para-hydroxylation sites is 1. The van der Waals surface area contributed by atoms with Gasteiger partial charge in [0.05, 0.1) is 19.4 Å². The molecule has 14 heavy (non-hydrogen) atoms. The lowest BCUT2D eigenvalue weighted by molar-refractivity contribution is -0.120. The zero-order chi connectivity index (χ0) is 9.97. The summed E-state index contributed by atoms with van der Waals surface area (Å²) in [6, 6.07) is 5.59. The van der Waals surface area contributed by atoms with Crippen LogP contribution in [0, 0.1) is 0 Å². The lowest BCUT2D eigenvalue weighted by Gasteiger charge is -2.10. The number of rotatable bonds is 1. The fourth-order valence-electron chi connectivity index (χ4n) is 1.44. The summed E-state index contributed by atoms with van der Waals surface area (Å²) in [5.74, 6) is 0.523. The molecule has 0 bridgehead atoms. The molecule has 1 heterocycles. The Hall–Kier alpha value is -1.55. The Kier molecular flexibility index (Phi) is 2.37. The molecule has 0 atom stereocenters. The zero-order valence-corrected chi connectivity index (χ0v) is 7.87. The summed E-state index contributed by atoms with van der Waals surface area (Å²) in [6.07, 6.45) is 0. The fourth-order valence-corrected chi connectivity index (χ4v) is 1.44. The first-order valence-electron chi connectivity index (χ1n) is 4.34. The Bertz CT molecular complexity index is 362. The van der Waals surface area contributed by atoms with Crippen molar-refractivity contribution < 1.29 is 14.3 Å². The lowest BCUT2D eigenvalue weighted by atomic mass is 10.1. The van der Waals surface area contributed by atoms with Gasteiger partial charge < -0.3 is 14.8 Å². The van der Waals surface area contributed by atoms with Crippen molar-refractivity contribution in [3.8, 4) is 5.75 Å². The molecule has 0 saturated heterocycles. The molecule has 0 radical (unpaired) electrons. The molecule has 1 aromatic rings. The number of carbonyl (C=O) groups excluding carboxylic acids is 1. The number of amides is 1. The van der Waals surface area contributed by atoms with E-state index in [0.717, 1.165) is 11.3 Å². The molecular weight excluding hydrogens is 182 g/mol. The van der Waals surface area contributed by atoms with Crippen molar-refractivity contribution in [1.82, 2.24) is 0 Å². The largest absolute Gasteiger partial charge is 0.495 e. The van der Waals surface area contributed by atoms with Gasteiger partial charge in [-0.05, 0) is 6.07 Å². The van der Waals surface area contributed by atoms with Gasteiger partial charge in [0.1, 0.15) is 12.4 Å². The van der Waals surface area contributed by atoms with Gasteiger partial charge in [-0.1, -0.05) is 12.1 Å². The van der Waals surface area contributed by atoms with Crippen molar-refractivity contribution in [1.29, 1.82) is 0 Å². The van der Waals surface area contributed by atoms with E-state index in [-0.39, 0.29) is 12.5 Å². The Morgan fingerprint density at radius 1 is 1.43 bits per heavy atom. The van der Waals surface area contributed by atoms with Gasteiger partial charge >= 0.3 is 0 Å². The lowest BCUT2D eigenvalue weighted by Crippen LogP contribution is -2.15. The molecule has 1 amide bonds. The van der Waals surface area contributed by atoms with Crippen LogP contribution < -0.4 is 10.1 Å². The SMILES string of the molecule is COc1cccc2c1NC(=O)COC2. The van der Waals surface area contributed by atoms with E-state index in [9.17, 15) is 4.79 Å². The first kappa shape index (κ1) is 9.02. The minimum absolute atomic E-state index is 0.0951. The average molecular weight is 193 g/mol. The van der Waals surface area contributed by atoms with E-state index >= 15 is 0 Å². The molecule has 0 aliphatic carbocycles. The molecule has 0 unspecified atom stereocenters. The molecule has 0 spiro atoms. The van der Waals surface area contributed by atoms with Gasteiger partial charge in [0.25, 0.3) is 0 Å². The molecule has 1 aromatic carbocycles. The van der Waals surface area contributed by atoms with E-state index in [1.807, 2.05) is 18.2 Å². The molecule has 0 aromatic heterocycles. The number of hydrogen-bond donors (Lipinski definition) is 1. The summed E-state index contributed by atoms with van der Waals surface area (Å²) in [4.78, 5) is 11.2. The van der Waals surface area contributed by atoms with Gasteiger partial charge in [-0.3, -0.25) is 4.79 Å². The van der Waals surface area contributed by atoms with Crippen molar-refractivity contribution in [3.63, 3.8) is 0 Å². The highest BCUT2D eigenvalue weighted by Crippen LogP contribution is 2.29. The van der Waals surface area contributed by atoms with Crippen LogP contribution in [0.15, 0.2) is 18.2 Å². The number of fused-ring (bicyclic) bond motifs is 1. The minimum Gasteiger partial charge on any atom is -0.495 e. The van der Waals surface area contributed by atoms with Crippen LogP contribution in [-0.4, -0.2) is 19.6 Å². The van der Waals surface area contributed by atoms with Crippen molar-refractivity contribution in [2.24, 2.45) is 0 Å². The number of methoxy groups -OCH3 is 1. The Labute approximate surface area is 81.8 Å². The molecule has 4 heteroatoms. The van der Waals surface area contributed by atoms with Gasteiger partial charge in [0, 0.05) is 5.56 Å². The summed E-state index contributed by atoms with van der Waals surface area (Å²) in [5.41, 5.74) is 1.66. The average Bonchev–Trinajstić information content (AvgIpc) is 2.38. The second kappa shape index (κ2) is 3.67. The van der Waals surface area contributed by atoms with Crippen molar-refractivity contribution in [3.05, 3.63) is 23.8 Å². The first-order valence-corrected chi connectivity index (χ1v) is 4.34. The first-order chi connectivity index (χ1) is 6.81. The van der Waals surface area contributed by atoms with E-state index < -0.39 is 0 Å². The van der Waals surface area contributed by atoms with Crippen LogP contribution in [0.5, 0.6) is 5.75 Å². The van der Waals surface area contributed by atoms with Crippen LogP contribution in [-0.2, 0) is 16.1 Å². The normalized spacial score (nSPS) is 15.4. The molecule has 1 aliphatic rings. The molecule has 1 aliphatic heterocycles. The third-order valence-electron chi connectivity index (χ3n) is 2.09. The summed E-state index contributed by atoms with van der Waals surface area (Å²) < 4.78 is 10.3. The third-order valence-corrected chi connectivity index (χ3v) is 2.09. The molecular formula is C10H11NO3. The van der Waals surface area contributed by atoms with E-state index in [1.54, 1.807) is 7.11 Å². The van der Waals surface area contributed by atoms with Gasteiger partial charge in [-0.2, -0.15) is 0 Å². The van der Waals surface area contributed by atoms with E-state index in [2.05, 4.69) is 5.32 Å². The standard InChI is InChI=1S/C10H11NO3/c1-13-8-4-2-3-7-5-14-6-9(12)11-10(7)8/h2-4H,5-6H2,1H3,(H,11,12). The molecule has 74 valence electrons. The molecule has 1 N–H and O–H groups in total. The summed E-state index contributed by atoms with van der Waals surface area (Å²) in [6.45, 7) is 0.531. The highest BCUT2D eigenvalue weighted by atomic mass is 16.5. The maximum absolute atomic E-state index is 11.2. The van der Waals surface area contributed by atoms with Crippen LogP contribution >= 0.6 is 0 Å². The summed E-state index contributed by atoms with van der Waals surface area (Å²) >= 11 is 0. The van der Waals surface area contributed by atoms with Gasteiger partial charge in [-0.25, -0.2) is 0 Å². The maximum atomic E-state index is 11.2. The Morgan fingerprint density at radius 3 is 3.07 bits per heavy atom. The molecule has 0 fully saturated rings. The third kappa shape index (κ3) is 1.56. The van der Waals surface area contributed by atoms with Crippen molar-refractivity contribution in [2.45, 2.75) is 6.61 Å². The number of nitrogens with one attached hydrogen (secondary N) is 1. The molecule has 0 saturated carbocycles. The van der Waals surface area contributed by atoms with Gasteiger partial charge in [-0.15, -0.1) is 0 Å². The van der Waals surface area contributed by atoms with Crippen LogP contribution in [0.25, 0.3) is 0 Å². The Morgan fingerprint density at radius 2 is 2.29 bits per heavy atom. The second-order valence-corrected chi connectivity index (χ2v) is 3.04. The fraction of sp³-hybridized carbons (Fsp3) is 0.300. The number of ether oxygens (including phenoxy) is 2. The number of anilines is 1. The van der Waals surface area contributed by atoms with Crippen LogP contribution in [0.4, 0.5) is 5.69 Å². The predicted octanol–water partition coefficient (Wildman–Crippen LogP) is 1.16. The van der Waals surface area contributed by atoms with Crippen LogP contribution in [0.1, 0.15) is 5.56 Å². The van der Waals surface area contributed by atoms with Gasteiger partial charge in [0.2, 0.25) is 5.91 Å². The second-order valence-electron chi connectivity index (χ2n) is 3.04. The highest BCUT2D eigenvalue weighted by molar-refractivity contribution is 5.94. The maximum Gasteiger partial charge on any atom is 0.250 e. The Balaban J connectivity index is 2.45. The van der Waals surface area contributed by atoms with E-state index in [1.165, 1.54) is 0 Å². The topological polar surface area (TPSA) is 47.6 Å². The van der Waals surface area contributed by atoms with Gasteiger partial charge in [0.15, 0.2) is 0 Å². The monoisotopic (exact) mass is 193 g/mol.